The van der Waals surface area contributed by atoms with Crippen LogP contribution in [-0.4, -0.2) is 59.8 Å². The quantitative estimate of drug-likeness (QED) is 0.496. The first-order chi connectivity index (χ1) is 15.5. The summed E-state index contributed by atoms with van der Waals surface area (Å²) in [6, 6.07) is 18.0. The first kappa shape index (κ1) is 24.0. The lowest BCUT2D eigenvalue weighted by Gasteiger charge is -2.31. The van der Waals surface area contributed by atoms with Crippen molar-refractivity contribution in [2.45, 2.75) is 57.7 Å². The Hall–Kier alpha value is -2.70. The number of aryl methyl sites for hydroxylation is 1. The third-order valence-electron chi connectivity index (χ3n) is 6.01. The molecule has 1 aliphatic rings. The van der Waals surface area contributed by atoms with E-state index in [0.717, 1.165) is 19.3 Å². The lowest BCUT2D eigenvalue weighted by molar-refractivity contribution is -0.146. The molecule has 2 atom stereocenters. The number of fused-ring (bicyclic) bond motifs is 1. The second-order valence-electron chi connectivity index (χ2n) is 8.55. The summed E-state index contributed by atoms with van der Waals surface area (Å²) in [5.41, 5.74) is 3.76. The molecule has 0 amide bonds. The number of carbonyl (C=O) groups is 2. The Morgan fingerprint density at radius 1 is 1.09 bits per heavy atom. The summed E-state index contributed by atoms with van der Waals surface area (Å²) in [5, 5.41) is 12.9. The van der Waals surface area contributed by atoms with Crippen LogP contribution in [0.1, 0.15) is 37.0 Å². The Bertz CT molecular complexity index is 861. The fourth-order valence-electron chi connectivity index (χ4n) is 4.53. The van der Waals surface area contributed by atoms with Crippen LogP contribution in [0.5, 0.6) is 0 Å². The van der Waals surface area contributed by atoms with E-state index in [-0.39, 0.29) is 24.6 Å². The Labute approximate surface area is 190 Å². The number of benzene rings is 2. The number of carboxylic acid groups (broad SMARTS) is 1. The fraction of sp³-hybridized carbons (Fsp3) is 0.462. The molecule has 2 aromatic carbocycles. The van der Waals surface area contributed by atoms with Crippen molar-refractivity contribution in [3.8, 4) is 0 Å². The highest BCUT2D eigenvalue weighted by Crippen LogP contribution is 2.25. The summed E-state index contributed by atoms with van der Waals surface area (Å²) in [6.45, 7) is 4.68. The number of ether oxygens (including phenoxy) is 1. The monoisotopic (exact) mass is 438 g/mol. The molecular weight excluding hydrogens is 404 g/mol. The van der Waals surface area contributed by atoms with Crippen molar-refractivity contribution in [1.82, 2.24) is 10.2 Å². The zero-order chi connectivity index (χ0) is 22.9. The number of carbonyl (C=O) groups excluding carboxylic acids is 1. The summed E-state index contributed by atoms with van der Waals surface area (Å²) in [6.07, 6.45) is 3.10. The number of hydrogen-bond donors (Lipinski definition) is 2. The van der Waals surface area contributed by atoms with Gasteiger partial charge in [-0.25, -0.2) is 0 Å². The number of aliphatic carboxylic acids is 1. The lowest BCUT2D eigenvalue weighted by atomic mass is 10.0. The maximum atomic E-state index is 12.6. The first-order valence-electron chi connectivity index (χ1n) is 11.5. The van der Waals surface area contributed by atoms with Gasteiger partial charge in [0.05, 0.1) is 13.2 Å². The van der Waals surface area contributed by atoms with Gasteiger partial charge in [0, 0.05) is 18.6 Å². The van der Waals surface area contributed by atoms with Gasteiger partial charge in [0.2, 0.25) is 0 Å². The minimum absolute atomic E-state index is 0.0151. The number of rotatable bonds is 12. The van der Waals surface area contributed by atoms with Crippen molar-refractivity contribution in [3.05, 3.63) is 71.3 Å². The first-order valence-corrected chi connectivity index (χ1v) is 11.5. The number of nitrogens with zero attached hydrogens (tertiary/aromatic N) is 1. The van der Waals surface area contributed by atoms with E-state index in [4.69, 9.17) is 4.74 Å². The molecule has 0 aromatic heterocycles. The molecule has 1 unspecified atom stereocenters. The summed E-state index contributed by atoms with van der Waals surface area (Å²) in [4.78, 5) is 26.2. The van der Waals surface area contributed by atoms with Crippen molar-refractivity contribution in [2.24, 2.45) is 0 Å². The largest absolute Gasteiger partial charge is 0.480 e. The lowest BCUT2D eigenvalue weighted by Crippen LogP contribution is -2.51. The van der Waals surface area contributed by atoms with Crippen LogP contribution in [0.4, 0.5) is 0 Å². The van der Waals surface area contributed by atoms with Gasteiger partial charge in [-0.05, 0) is 56.2 Å². The topological polar surface area (TPSA) is 78.9 Å². The molecule has 0 saturated carbocycles. The van der Waals surface area contributed by atoms with Gasteiger partial charge in [-0.3, -0.25) is 14.5 Å². The number of carboxylic acids is 1. The van der Waals surface area contributed by atoms with Crippen LogP contribution in [-0.2, 0) is 33.6 Å². The average Bonchev–Trinajstić information content (AvgIpc) is 3.21. The van der Waals surface area contributed by atoms with Crippen LogP contribution in [0.25, 0.3) is 0 Å². The van der Waals surface area contributed by atoms with Gasteiger partial charge in [-0.2, -0.15) is 0 Å². The molecule has 2 N–H and O–H groups in total. The standard InChI is InChI=1S/C26H34N2O4/c1-3-32-26(31)24(14-13-20-9-5-4-6-10-20)27-19(2)17-28(18-25(29)30)23-15-21-11-7-8-12-22(21)16-23/h4-12,19,23-24,27H,3,13-18H2,1-2H3,(H,29,30)/t19-,24?/m0/s1. The van der Waals surface area contributed by atoms with Crippen molar-refractivity contribution in [1.29, 1.82) is 0 Å². The minimum atomic E-state index is -0.834. The van der Waals surface area contributed by atoms with E-state index in [1.54, 1.807) is 0 Å². The molecular formula is C26H34N2O4. The average molecular weight is 439 g/mol. The van der Waals surface area contributed by atoms with Crippen molar-refractivity contribution < 1.29 is 19.4 Å². The van der Waals surface area contributed by atoms with Crippen molar-refractivity contribution >= 4 is 11.9 Å². The van der Waals surface area contributed by atoms with Crippen LogP contribution in [0, 0.1) is 0 Å². The van der Waals surface area contributed by atoms with E-state index >= 15 is 0 Å². The number of hydrogen-bond acceptors (Lipinski definition) is 5. The van der Waals surface area contributed by atoms with Gasteiger partial charge in [0.15, 0.2) is 0 Å². The molecule has 0 bridgehead atoms. The molecule has 0 aliphatic heterocycles. The molecule has 0 heterocycles. The Morgan fingerprint density at radius 3 is 2.31 bits per heavy atom. The van der Waals surface area contributed by atoms with Gasteiger partial charge >= 0.3 is 11.9 Å². The Morgan fingerprint density at radius 2 is 1.72 bits per heavy atom. The van der Waals surface area contributed by atoms with E-state index < -0.39 is 12.0 Å². The van der Waals surface area contributed by atoms with Crippen LogP contribution in [0.15, 0.2) is 54.6 Å². The zero-order valence-electron chi connectivity index (χ0n) is 19.0. The summed E-state index contributed by atoms with van der Waals surface area (Å²) in [7, 11) is 0. The molecule has 0 saturated heterocycles. The highest BCUT2D eigenvalue weighted by Gasteiger charge is 2.30. The van der Waals surface area contributed by atoms with Crippen molar-refractivity contribution in [3.63, 3.8) is 0 Å². The minimum Gasteiger partial charge on any atom is -0.480 e. The van der Waals surface area contributed by atoms with E-state index in [1.165, 1.54) is 16.7 Å². The van der Waals surface area contributed by atoms with Crippen LogP contribution < -0.4 is 5.32 Å². The molecule has 1 aliphatic carbocycles. The van der Waals surface area contributed by atoms with E-state index in [1.807, 2.05) is 49.1 Å². The molecule has 32 heavy (non-hydrogen) atoms. The maximum absolute atomic E-state index is 12.6. The second-order valence-corrected chi connectivity index (χ2v) is 8.55. The zero-order valence-corrected chi connectivity index (χ0v) is 19.0. The maximum Gasteiger partial charge on any atom is 0.323 e. The summed E-state index contributed by atoms with van der Waals surface area (Å²) < 4.78 is 5.30. The molecule has 0 spiro atoms. The molecule has 6 heteroatoms. The van der Waals surface area contributed by atoms with Gasteiger partial charge in [-0.15, -0.1) is 0 Å². The predicted octanol–water partition coefficient (Wildman–Crippen LogP) is 3.08. The fourth-order valence-corrected chi connectivity index (χ4v) is 4.53. The molecule has 0 fully saturated rings. The SMILES string of the molecule is CCOC(=O)C(CCc1ccccc1)N[C@@H](C)CN(CC(=O)O)C1Cc2ccccc2C1. The summed E-state index contributed by atoms with van der Waals surface area (Å²) in [5.74, 6) is -1.09. The van der Waals surface area contributed by atoms with Crippen LogP contribution in [0.3, 0.4) is 0 Å². The predicted molar refractivity (Wildman–Crippen MR) is 125 cm³/mol. The van der Waals surface area contributed by atoms with Gasteiger partial charge in [0.1, 0.15) is 6.04 Å². The molecule has 2 aromatic rings. The van der Waals surface area contributed by atoms with E-state index in [9.17, 15) is 14.7 Å². The molecule has 0 radical (unpaired) electrons. The third kappa shape index (κ3) is 6.90. The second kappa shape index (κ2) is 11.8. The molecule has 172 valence electrons. The van der Waals surface area contributed by atoms with Crippen LogP contribution >= 0.6 is 0 Å². The highest BCUT2D eigenvalue weighted by molar-refractivity contribution is 5.75. The summed E-state index contributed by atoms with van der Waals surface area (Å²) >= 11 is 0. The van der Waals surface area contributed by atoms with Crippen LogP contribution in [0.2, 0.25) is 0 Å². The van der Waals surface area contributed by atoms with E-state index in [0.29, 0.717) is 19.6 Å². The number of esters is 1. The van der Waals surface area contributed by atoms with Gasteiger partial charge in [0.25, 0.3) is 0 Å². The molecule has 6 nitrogen and oxygen atoms in total. The van der Waals surface area contributed by atoms with Gasteiger partial charge in [-0.1, -0.05) is 54.6 Å². The van der Waals surface area contributed by atoms with Crippen molar-refractivity contribution in [2.75, 3.05) is 19.7 Å². The highest BCUT2D eigenvalue weighted by atomic mass is 16.5. The van der Waals surface area contributed by atoms with Gasteiger partial charge < -0.3 is 15.2 Å². The molecule has 3 rings (SSSR count). The normalized spacial score (nSPS) is 15.3. The Kier molecular flexibility index (Phi) is 8.82. The smallest absolute Gasteiger partial charge is 0.323 e. The third-order valence-corrected chi connectivity index (χ3v) is 6.01. The van der Waals surface area contributed by atoms with E-state index in [2.05, 4.69) is 29.6 Å². The Balaban J connectivity index is 1.63. The number of nitrogens with one attached hydrogen (secondary N) is 1.